The zero-order chi connectivity index (χ0) is 12.6. The SMILES string of the molecule is CC1C(=O)CCC1S(=O)(=O)CCS(C)(=O)=O. The Balaban J connectivity index is 2.76. The van der Waals surface area contributed by atoms with Gasteiger partial charge in [-0.2, -0.15) is 0 Å². The highest BCUT2D eigenvalue weighted by Crippen LogP contribution is 2.28. The van der Waals surface area contributed by atoms with E-state index in [1.54, 1.807) is 6.92 Å². The van der Waals surface area contributed by atoms with Gasteiger partial charge < -0.3 is 0 Å². The predicted molar refractivity (Wildman–Crippen MR) is 60.7 cm³/mol. The molecule has 0 aromatic rings. The van der Waals surface area contributed by atoms with Gasteiger partial charge in [-0.3, -0.25) is 4.79 Å². The van der Waals surface area contributed by atoms with Crippen molar-refractivity contribution in [2.75, 3.05) is 17.8 Å². The van der Waals surface area contributed by atoms with E-state index in [1.807, 2.05) is 0 Å². The quantitative estimate of drug-likeness (QED) is 0.705. The van der Waals surface area contributed by atoms with E-state index in [1.165, 1.54) is 0 Å². The van der Waals surface area contributed by atoms with Crippen LogP contribution in [0.3, 0.4) is 0 Å². The summed E-state index contributed by atoms with van der Waals surface area (Å²) in [6, 6.07) is 0. The van der Waals surface area contributed by atoms with Crippen LogP contribution in [0, 0.1) is 5.92 Å². The average Bonchev–Trinajstić information content (AvgIpc) is 2.44. The maximum atomic E-state index is 11.8. The van der Waals surface area contributed by atoms with E-state index in [-0.39, 0.29) is 23.7 Å². The lowest BCUT2D eigenvalue weighted by molar-refractivity contribution is -0.120. The number of hydrogen-bond acceptors (Lipinski definition) is 5. The minimum absolute atomic E-state index is 0.0482. The van der Waals surface area contributed by atoms with E-state index < -0.39 is 30.8 Å². The summed E-state index contributed by atoms with van der Waals surface area (Å²) < 4.78 is 45.5. The summed E-state index contributed by atoms with van der Waals surface area (Å²) in [7, 11) is -6.76. The molecule has 1 saturated carbocycles. The van der Waals surface area contributed by atoms with E-state index in [9.17, 15) is 21.6 Å². The number of Topliss-reactive ketones (excluding diaryl/α,β-unsaturated/α-hetero) is 1. The molecule has 0 heterocycles. The van der Waals surface area contributed by atoms with Gasteiger partial charge in [0.25, 0.3) is 0 Å². The number of sulfone groups is 2. The van der Waals surface area contributed by atoms with Gasteiger partial charge in [0.15, 0.2) is 9.84 Å². The van der Waals surface area contributed by atoms with Crippen molar-refractivity contribution < 1.29 is 21.6 Å². The lowest BCUT2D eigenvalue weighted by atomic mass is 10.1. The first-order valence-electron chi connectivity index (χ1n) is 5.05. The number of carbonyl (C=O) groups is 1. The molecule has 2 unspecified atom stereocenters. The van der Waals surface area contributed by atoms with Gasteiger partial charge in [0.2, 0.25) is 0 Å². The van der Waals surface area contributed by atoms with Crippen molar-refractivity contribution in [1.29, 1.82) is 0 Å². The van der Waals surface area contributed by atoms with Crippen molar-refractivity contribution in [3.05, 3.63) is 0 Å². The Labute approximate surface area is 96.1 Å². The van der Waals surface area contributed by atoms with Crippen molar-refractivity contribution >= 4 is 25.5 Å². The van der Waals surface area contributed by atoms with Crippen molar-refractivity contribution in [3.8, 4) is 0 Å². The smallest absolute Gasteiger partial charge is 0.154 e. The maximum Gasteiger partial charge on any atom is 0.154 e. The van der Waals surface area contributed by atoms with Crippen molar-refractivity contribution in [1.82, 2.24) is 0 Å². The molecule has 1 fully saturated rings. The Bertz CT molecular complexity index is 474. The van der Waals surface area contributed by atoms with Crippen LogP contribution < -0.4 is 0 Å². The highest BCUT2D eigenvalue weighted by atomic mass is 32.2. The molecule has 0 spiro atoms. The molecule has 0 aromatic carbocycles. The highest BCUT2D eigenvalue weighted by Gasteiger charge is 2.39. The largest absolute Gasteiger partial charge is 0.299 e. The molecule has 0 saturated heterocycles. The molecule has 0 amide bonds. The van der Waals surface area contributed by atoms with E-state index in [0.717, 1.165) is 6.26 Å². The summed E-state index contributed by atoms with van der Waals surface area (Å²) in [5.41, 5.74) is 0. The lowest BCUT2D eigenvalue weighted by Crippen LogP contribution is -2.30. The van der Waals surface area contributed by atoms with E-state index in [0.29, 0.717) is 6.42 Å². The summed E-state index contributed by atoms with van der Waals surface area (Å²) in [6.45, 7) is 1.60. The third-order valence-corrected chi connectivity index (χ3v) is 6.48. The number of ketones is 1. The number of hydrogen-bond donors (Lipinski definition) is 0. The van der Waals surface area contributed by atoms with Gasteiger partial charge >= 0.3 is 0 Å². The topological polar surface area (TPSA) is 85.3 Å². The zero-order valence-corrected chi connectivity index (χ0v) is 11.0. The third kappa shape index (κ3) is 3.28. The Hall–Kier alpha value is -0.430. The zero-order valence-electron chi connectivity index (χ0n) is 9.34. The average molecular weight is 268 g/mol. The van der Waals surface area contributed by atoms with Crippen LogP contribution in [-0.4, -0.2) is 45.6 Å². The molecule has 0 N–H and O–H groups in total. The molecule has 1 aliphatic carbocycles. The minimum atomic E-state index is -3.48. The van der Waals surface area contributed by atoms with Gasteiger partial charge in [0.05, 0.1) is 16.8 Å². The van der Waals surface area contributed by atoms with Gasteiger partial charge in [0.1, 0.15) is 15.6 Å². The van der Waals surface area contributed by atoms with Gasteiger partial charge in [-0.15, -0.1) is 0 Å². The number of rotatable bonds is 4. The molecule has 1 rings (SSSR count). The van der Waals surface area contributed by atoms with Gasteiger partial charge in [-0.1, -0.05) is 6.92 Å². The van der Waals surface area contributed by atoms with Crippen LogP contribution in [0.1, 0.15) is 19.8 Å². The molecule has 7 heteroatoms. The fourth-order valence-corrected chi connectivity index (χ4v) is 5.57. The predicted octanol–water partition coefficient (Wildman–Crippen LogP) is -0.187. The molecule has 1 aliphatic rings. The summed E-state index contributed by atoms with van der Waals surface area (Å²) in [5, 5.41) is -0.693. The van der Waals surface area contributed by atoms with Crippen LogP contribution in [0.5, 0.6) is 0 Å². The molecule has 16 heavy (non-hydrogen) atoms. The molecular weight excluding hydrogens is 252 g/mol. The second-order valence-corrected chi connectivity index (χ2v) is 8.93. The first kappa shape index (κ1) is 13.6. The fraction of sp³-hybridized carbons (Fsp3) is 0.889. The first-order chi connectivity index (χ1) is 7.13. The van der Waals surface area contributed by atoms with Crippen LogP contribution in [0.2, 0.25) is 0 Å². The molecule has 5 nitrogen and oxygen atoms in total. The summed E-state index contributed by atoms with van der Waals surface area (Å²) in [6.07, 6.45) is 1.61. The molecular formula is C9H16O5S2. The monoisotopic (exact) mass is 268 g/mol. The minimum Gasteiger partial charge on any atom is -0.299 e. The van der Waals surface area contributed by atoms with Crippen LogP contribution in [0.4, 0.5) is 0 Å². The van der Waals surface area contributed by atoms with Gasteiger partial charge in [-0.05, 0) is 6.42 Å². The van der Waals surface area contributed by atoms with E-state index >= 15 is 0 Å². The van der Waals surface area contributed by atoms with Gasteiger partial charge in [0, 0.05) is 18.6 Å². The van der Waals surface area contributed by atoms with Crippen LogP contribution >= 0.6 is 0 Å². The third-order valence-electron chi connectivity index (χ3n) is 2.94. The molecule has 0 bridgehead atoms. The molecule has 0 radical (unpaired) electrons. The Morgan fingerprint density at radius 3 is 2.12 bits per heavy atom. The van der Waals surface area contributed by atoms with Crippen molar-refractivity contribution in [2.24, 2.45) is 5.92 Å². The first-order valence-corrected chi connectivity index (χ1v) is 8.83. The molecule has 94 valence electrons. The lowest BCUT2D eigenvalue weighted by Gasteiger charge is -2.14. The molecule has 0 aliphatic heterocycles. The van der Waals surface area contributed by atoms with Crippen LogP contribution in [0.15, 0.2) is 0 Å². The standard InChI is InChI=1S/C9H16O5S2/c1-7-8(10)3-4-9(7)16(13,14)6-5-15(2,11)12/h7,9H,3-6H2,1-2H3. The Morgan fingerprint density at radius 1 is 1.19 bits per heavy atom. The van der Waals surface area contributed by atoms with Crippen LogP contribution in [0.25, 0.3) is 0 Å². The Morgan fingerprint density at radius 2 is 1.75 bits per heavy atom. The van der Waals surface area contributed by atoms with Crippen molar-refractivity contribution in [3.63, 3.8) is 0 Å². The Kier molecular flexibility index (Phi) is 3.79. The van der Waals surface area contributed by atoms with E-state index in [4.69, 9.17) is 0 Å². The van der Waals surface area contributed by atoms with E-state index in [2.05, 4.69) is 0 Å². The fourth-order valence-electron chi connectivity index (χ4n) is 1.88. The summed E-state index contributed by atoms with van der Waals surface area (Å²) in [5.74, 6) is -1.29. The molecule has 0 aromatic heterocycles. The van der Waals surface area contributed by atoms with Gasteiger partial charge in [-0.25, -0.2) is 16.8 Å². The highest BCUT2D eigenvalue weighted by molar-refractivity contribution is 7.95. The second kappa shape index (κ2) is 4.44. The summed E-state index contributed by atoms with van der Waals surface area (Å²) in [4.78, 5) is 11.2. The maximum absolute atomic E-state index is 11.8. The normalized spacial score (nSPS) is 27.2. The van der Waals surface area contributed by atoms with Crippen molar-refractivity contribution in [2.45, 2.75) is 25.0 Å². The van der Waals surface area contributed by atoms with Crippen LogP contribution in [-0.2, 0) is 24.5 Å². The second-order valence-electron chi connectivity index (χ2n) is 4.33. The molecule has 2 atom stereocenters. The summed E-state index contributed by atoms with van der Waals surface area (Å²) >= 11 is 0. The number of carbonyl (C=O) groups excluding carboxylic acids is 1.